The Kier molecular flexibility index (Phi) is 6.68. The van der Waals surface area contributed by atoms with Crippen molar-refractivity contribution in [3.8, 4) is 0 Å². The Bertz CT molecular complexity index is 1440. The van der Waals surface area contributed by atoms with E-state index >= 15 is 0 Å². The second-order valence-electron chi connectivity index (χ2n) is 10.8. The third kappa shape index (κ3) is 5.10. The fourth-order valence-corrected chi connectivity index (χ4v) is 6.44. The Labute approximate surface area is 223 Å². The number of anilines is 1. The maximum absolute atomic E-state index is 14.8. The van der Waals surface area contributed by atoms with Gasteiger partial charge in [0.2, 0.25) is 5.91 Å². The van der Waals surface area contributed by atoms with Crippen LogP contribution in [0.1, 0.15) is 53.7 Å². The highest BCUT2D eigenvalue weighted by atomic mass is 32.2. The number of hydrogen-bond acceptors (Lipinski definition) is 5. The molecular weight excluding hydrogens is 538 g/mol. The molecule has 5 rings (SSSR count). The number of nitrogens with zero attached hydrogens (tertiary/aromatic N) is 1. The maximum atomic E-state index is 14.8. The van der Waals surface area contributed by atoms with E-state index in [-0.39, 0.29) is 39.8 Å². The first-order chi connectivity index (χ1) is 18.2. The summed E-state index contributed by atoms with van der Waals surface area (Å²) in [6, 6.07) is 4.58. The molecule has 0 aromatic heterocycles. The summed E-state index contributed by atoms with van der Waals surface area (Å²) in [5.74, 6) is -1.94. The van der Waals surface area contributed by atoms with Crippen molar-refractivity contribution >= 4 is 27.3 Å². The predicted molar refractivity (Wildman–Crippen MR) is 135 cm³/mol. The number of benzene rings is 2. The SMILES string of the molecule is CNc1ccc(S(C)(=O)=O)cc1C(=O)N1C2C(C[C@@H]1C(=O)NC(c1ccc(C(F)(F)F)cc1F)C1CC1)[C@H]2C. The summed E-state index contributed by atoms with van der Waals surface area (Å²) in [5, 5.41) is 5.72. The molecule has 12 heteroatoms. The number of amides is 2. The lowest BCUT2D eigenvalue weighted by Gasteiger charge is -2.30. The molecule has 1 heterocycles. The van der Waals surface area contributed by atoms with Crippen LogP contribution in [0.5, 0.6) is 0 Å². The molecule has 39 heavy (non-hydrogen) atoms. The molecule has 3 unspecified atom stereocenters. The highest BCUT2D eigenvalue weighted by Gasteiger charge is 2.62. The Morgan fingerprint density at radius 3 is 2.36 bits per heavy atom. The van der Waals surface area contributed by atoms with Crippen LogP contribution in [0.25, 0.3) is 0 Å². The van der Waals surface area contributed by atoms with E-state index < -0.39 is 51.3 Å². The molecule has 2 saturated carbocycles. The van der Waals surface area contributed by atoms with Crippen molar-refractivity contribution in [1.29, 1.82) is 0 Å². The standard InChI is InChI=1S/C27H29F4N3O4S/c1-13-18-12-22(34(24(13)18)26(36)19-11-16(39(3,37)38)7-9-21(19)32-2)25(35)33-23(14-4-5-14)17-8-6-15(10-20(17)28)27(29,30)31/h6-11,13-14,18,22-24,32H,4-5,12H2,1-3H3,(H,33,35)/t13-,18?,22-,23?,24?/m1/s1. The Morgan fingerprint density at radius 2 is 1.79 bits per heavy atom. The molecule has 0 spiro atoms. The van der Waals surface area contributed by atoms with E-state index in [9.17, 15) is 35.6 Å². The number of halogens is 4. The molecule has 210 valence electrons. The van der Waals surface area contributed by atoms with E-state index in [4.69, 9.17) is 0 Å². The molecule has 5 atom stereocenters. The first kappa shape index (κ1) is 27.4. The number of fused-ring (bicyclic) bond motifs is 1. The summed E-state index contributed by atoms with van der Waals surface area (Å²) in [7, 11) is -2.00. The molecule has 1 saturated heterocycles. The van der Waals surface area contributed by atoms with E-state index in [0.29, 0.717) is 31.0 Å². The van der Waals surface area contributed by atoms with Crippen molar-refractivity contribution in [1.82, 2.24) is 10.2 Å². The Morgan fingerprint density at radius 1 is 1.10 bits per heavy atom. The van der Waals surface area contributed by atoms with Gasteiger partial charge in [-0.15, -0.1) is 0 Å². The van der Waals surface area contributed by atoms with Crippen LogP contribution < -0.4 is 10.6 Å². The zero-order valence-corrected chi connectivity index (χ0v) is 22.4. The minimum absolute atomic E-state index is 0.0217. The molecule has 2 aromatic carbocycles. The predicted octanol–water partition coefficient (Wildman–Crippen LogP) is 4.41. The Balaban J connectivity index is 1.43. The minimum Gasteiger partial charge on any atom is -0.387 e. The van der Waals surface area contributed by atoms with Crippen molar-refractivity contribution in [2.24, 2.45) is 17.8 Å². The summed E-state index contributed by atoms with van der Waals surface area (Å²) in [6.07, 6.45) is -1.90. The second kappa shape index (κ2) is 9.50. The first-order valence-corrected chi connectivity index (χ1v) is 14.6. The third-order valence-electron chi connectivity index (χ3n) is 8.17. The molecule has 2 N–H and O–H groups in total. The lowest BCUT2D eigenvalue weighted by atomic mass is 9.98. The average molecular weight is 568 g/mol. The fraction of sp³-hybridized carbons (Fsp3) is 0.481. The van der Waals surface area contributed by atoms with Gasteiger partial charge in [0.05, 0.1) is 22.1 Å². The summed E-state index contributed by atoms with van der Waals surface area (Å²) in [4.78, 5) is 28.9. The van der Waals surface area contributed by atoms with Gasteiger partial charge in [-0.1, -0.05) is 13.0 Å². The smallest absolute Gasteiger partial charge is 0.387 e. The van der Waals surface area contributed by atoms with E-state index in [2.05, 4.69) is 10.6 Å². The molecule has 3 aliphatic rings. The van der Waals surface area contributed by atoms with Crippen LogP contribution in [-0.2, 0) is 20.8 Å². The number of carbonyl (C=O) groups excluding carboxylic acids is 2. The first-order valence-electron chi connectivity index (χ1n) is 12.7. The van der Waals surface area contributed by atoms with E-state index in [1.54, 1.807) is 7.05 Å². The van der Waals surface area contributed by atoms with Crippen LogP contribution in [0, 0.1) is 23.6 Å². The Hall–Kier alpha value is -3.15. The summed E-state index contributed by atoms with van der Waals surface area (Å²) in [6.45, 7) is 1.97. The van der Waals surface area contributed by atoms with Gasteiger partial charge in [0.1, 0.15) is 11.9 Å². The van der Waals surface area contributed by atoms with Gasteiger partial charge in [-0.2, -0.15) is 13.2 Å². The van der Waals surface area contributed by atoms with Crippen molar-refractivity contribution in [2.75, 3.05) is 18.6 Å². The van der Waals surface area contributed by atoms with Crippen LogP contribution in [0.3, 0.4) is 0 Å². The van der Waals surface area contributed by atoms with Crippen LogP contribution in [0.4, 0.5) is 23.2 Å². The summed E-state index contributed by atoms with van der Waals surface area (Å²) < 4.78 is 78.3. The molecule has 1 aliphatic heterocycles. The number of sulfone groups is 1. The van der Waals surface area contributed by atoms with Gasteiger partial charge in [-0.05, 0) is 67.3 Å². The van der Waals surface area contributed by atoms with Gasteiger partial charge >= 0.3 is 6.18 Å². The molecule has 2 aromatic rings. The topological polar surface area (TPSA) is 95.6 Å². The van der Waals surface area contributed by atoms with Crippen molar-refractivity contribution in [3.05, 3.63) is 58.9 Å². The molecule has 0 radical (unpaired) electrons. The van der Waals surface area contributed by atoms with Gasteiger partial charge in [0.15, 0.2) is 9.84 Å². The number of rotatable bonds is 7. The van der Waals surface area contributed by atoms with Crippen molar-refractivity contribution in [2.45, 2.75) is 55.4 Å². The maximum Gasteiger partial charge on any atom is 0.416 e. The van der Waals surface area contributed by atoms with Gasteiger partial charge in [0.25, 0.3) is 5.91 Å². The zero-order valence-electron chi connectivity index (χ0n) is 21.5. The van der Waals surface area contributed by atoms with Crippen LogP contribution in [-0.4, -0.2) is 50.5 Å². The normalized spacial score (nSPS) is 25.2. The number of alkyl halides is 3. The van der Waals surface area contributed by atoms with E-state index in [1.807, 2.05) is 6.92 Å². The van der Waals surface area contributed by atoms with Crippen LogP contribution >= 0.6 is 0 Å². The monoisotopic (exact) mass is 567 g/mol. The van der Waals surface area contributed by atoms with Gasteiger partial charge in [0, 0.05) is 30.6 Å². The van der Waals surface area contributed by atoms with Gasteiger partial charge in [-0.25, -0.2) is 12.8 Å². The van der Waals surface area contributed by atoms with E-state index in [1.165, 1.54) is 23.1 Å². The lowest BCUT2D eigenvalue weighted by molar-refractivity contribution is -0.137. The highest BCUT2D eigenvalue weighted by molar-refractivity contribution is 7.90. The van der Waals surface area contributed by atoms with Gasteiger partial charge in [-0.3, -0.25) is 9.59 Å². The fourth-order valence-electron chi connectivity index (χ4n) is 5.80. The second-order valence-corrected chi connectivity index (χ2v) is 12.8. The largest absolute Gasteiger partial charge is 0.416 e. The number of hydrogen-bond donors (Lipinski definition) is 2. The number of carbonyl (C=O) groups is 2. The number of likely N-dealkylation sites (tertiary alicyclic amines) is 1. The third-order valence-corrected chi connectivity index (χ3v) is 9.28. The zero-order chi connectivity index (χ0) is 28.4. The van der Waals surface area contributed by atoms with Gasteiger partial charge < -0.3 is 15.5 Å². The minimum atomic E-state index is -4.69. The summed E-state index contributed by atoms with van der Waals surface area (Å²) in [5.41, 5.74) is -0.606. The molecular formula is C27H29F4N3O4S. The highest BCUT2D eigenvalue weighted by Crippen LogP contribution is 2.54. The quantitative estimate of drug-likeness (QED) is 0.484. The molecule has 7 nitrogen and oxygen atoms in total. The molecule has 0 bridgehead atoms. The van der Waals surface area contributed by atoms with Crippen LogP contribution in [0.15, 0.2) is 41.3 Å². The van der Waals surface area contributed by atoms with Crippen molar-refractivity contribution in [3.63, 3.8) is 0 Å². The van der Waals surface area contributed by atoms with Crippen LogP contribution in [0.2, 0.25) is 0 Å². The summed E-state index contributed by atoms with van der Waals surface area (Å²) >= 11 is 0. The lowest BCUT2D eigenvalue weighted by Crippen LogP contribution is -2.49. The average Bonchev–Trinajstić information content (AvgIpc) is 3.77. The van der Waals surface area contributed by atoms with E-state index in [0.717, 1.165) is 18.4 Å². The molecule has 2 amide bonds. The molecule has 3 fully saturated rings. The number of nitrogens with one attached hydrogen (secondary N) is 2. The molecule has 2 aliphatic carbocycles. The number of piperidine rings is 1. The van der Waals surface area contributed by atoms with Crippen molar-refractivity contribution < 1.29 is 35.6 Å².